The number of aromatic amines is 1. The van der Waals surface area contributed by atoms with Crippen LogP contribution in [0.2, 0.25) is 5.02 Å². The van der Waals surface area contributed by atoms with E-state index in [1.165, 1.54) is 16.4 Å². The molecule has 1 aliphatic rings. The Labute approximate surface area is 155 Å². The normalized spacial score (nSPS) is 15.0. The lowest BCUT2D eigenvalue weighted by molar-refractivity contribution is 0.390. The number of aromatic nitrogens is 2. The van der Waals surface area contributed by atoms with Crippen LogP contribution in [-0.2, 0) is 23.0 Å². The monoisotopic (exact) mass is 391 g/mol. The molecule has 0 spiro atoms. The van der Waals surface area contributed by atoms with Crippen LogP contribution in [0, 0.1) is 5.82 Å². The molecule has 0 radical (unpaired) electrons. The summed E-state index contributed by atoms with van der Waals surface area (Å²) in [5, 5.41) is 7.99. The van der Waals surface area contributed by atoms with Gasteiger partial charge in [0, 0.05) is 41.4 Å². The van der Waals surface area contributed by atoms with Crippen molar-refractivity contribution in [1.29, 1.82) is 0 Å². The van der Waals surface area contributed by atoms with Gasteiger partial charge >= 0.3 is 0 Å². The van der Waals surface area contributed by atoms with E-state index in [1.54, 1.807) is 12.1 Å². The highest BCUT2D eigenvalue weighted by Gasteiger charge is 2.31. The second-order valence-corrected chi connectivity index (χ2v) is 8.45. The van der Waals surface area contributed by atoms with E-state index in [0.29, 0.717) is 18.0 Å². The smallest absolute Gasteiger partial charge is 0.243 e. The quantitative estimate of drug-likeness (QED) is 0.741. The molecule has 0 unspecified atom stereocenters. The van der Waals surface area contributed by atoms with Crippen molar-refractivity contribution in [3.63, 3.8) is 0 Å². The maximum Gasteiger partial charge on any atom is 0.243 e. The molecule has 26 heavy (non-hydrogen) atoms. The third kappa shape index (κ3) is 3.02. The molecular weight excluding hydrogens is 377 g/mol. The van der Waals surface area contributed by atoms with Gasteiger partial charge in [0.05, 0.1) is 10.6 Å². The van der Waals surface area contributed by atoms with Crippen molar-refractivity contribution < 1.29 is 12.8 Å². The zero-order valence-corrected chi connectivity index (χ0v) is 15.2. The first-order valence-corrected chi connectivity index (χ1v) is 9.85. The molecule has 1 aromatic heterocycles. The second-order valence-electron chi connectivity index (χ2n) is 6.08. The molecule has 0 aliphatic carbocycles. The predicted octanol–water partition coefficient (Wildman–Crippen LogP) is 3.62. The van der Waals surface area contributed by atoms with E-state index in [2.05, 4.69) is 10.2 Å². The van der Waals surface area contributed by atoms with Crippen molar-refractivity contribution in [2.75, 3.05) is 6.54 Å². The Morgan fingerprint density at radius 2 is 1.77 bits per heavy atom. The molecule has 0 saturated heterocycles. The van der Waals surface area contributed by atoms with Crippen molar-refractivity contribution in [3.05, 3.63) is 70.6 Å². The number of fused-ring (bicyclic) bond motifs is 1. The average Bonchev–Trinajstić information content (AvgIpc) is 3.06. The van der Waals surface area contributed by atoms with Crippen LogP contribution in [0.1, 0.15) is 11.3 Å². The topological polar surface area (TPSA) is 66.1 Å². The molecule has 1 aliphatic heterocycles. The van der Waals surface area contributed by atoms with E-state index in [1.807, 2.05) is 12.1 Å². The third-order valence-electron chi connectivity index (χ3n) is 4.47. The van der Waals surface area contributed by atoms with Crippen LogP contribution in [0.5, 0.6) is 0 Å². The van der Waals surface area contributed by atoms with Gasteiger partial charge in [0.2, 0.25) is 10.0 Å². The number of benzene rings is 2. The number of H-pyrrole nitrogens is 1. The van der Waals surface area contributed by atoms with Crippen LogP contribution in [0.25, 0.3) is 11.3 Å². The number of nitrogens with one attached hydrogen (secondary N) is 1. The number of halogens is 2. The summed E-state index contributed by atoms with van der Waals surface area (Å²) >= 11 is 5.94. The van der Waals surface area contributed by atoms with Gasteiger partial charge in [0.1, 0.15) is 5.82 Å². The lowest BCUT2D eigenvalue weighted by Gasteiger charge is -2.26. The summed E-state index contributed by atoms with van der Waals surface area (Å²) in [5.74, 6) is -0.468. The first kappa shape index (κ1) is 17.2. The van der Waals surface area contributed by atoms with Gasteiger partial charge in [0.25, 0.3) is 0 Å². The third-order valence-corrected chi connectivity index (χ3v) is 6.58. The molecule has 3 aromatic rings. The van der Waals surface area contributed by atoms with E-state index in [-0.39, 0.29) is 11.4 Å². The SMILES string of the molecule is O=S(=O)(c1ccc(F)cc1)N1CCc2[nH]nc(-c3ccc(Cl)cc3)c2C1. The predicted molar refractivity (Wildman–Crippen MR) is 96.7 cm³/mol. The van der Waals surface area contributed by atoms with E-state index >= 15 is 0 Å². The van der Waals surface area contributed by atoms with Gasteiger partial charge in [-0.15, -0.1) is 0 Å². The van der Waals surface area contributed by atoms with Gasteiger partial charge in [-0.1, -0.05) is 23.7 Å². The second kappa shape index (κ2) is 6.50. The Hall–Kier alpha value is -2.22. The van der Waals surface area contributed by atoms with Gasteiger partial charge in [-0.2, -0.15) is 9.40 Å². The number of hydrogen-bond acceptors (Lipinski definition) is 3. The number of hydrogen-bond donors (Lipinski definition) is 1. The van der Waals surface area contributed by atoms with Crippen molar-refractivity contribution in [1.82, 2.24) is 14.5 Å². The minimum Gasteiger partial charge on any atom is -0.282 e. The number of nitrogens with zero attached hydrogens (tertiary/aromatic N) is 2. The van der Waals surface area contributed by atoms with Crippen molar-refractivity contribution in [2.45, 2.75) is 17.9 Å². The Bertz CT molecular complexity index is 1050. The molecule has 5 nitrogen and oxygen atoms in total. The summed E-state index contributed by atoms with van der Waals surface area (Å²) < 4.78 is 40.3. The Kier molecular flexibility index (Phi) is 4.30. The lowest BCUT2D eigenvalue weighted by Crippen LogP contribution is -2.35. The van der Waals surface area contributed by atoms with E-state index < -0.39 is 15.8 Å². The lowest BCUT2D eigenvalue weighted by atomic mass is 10.0. The van der Waals surface area contributed by atoms with Gasteiger partial charge < -0.3 is 0 Å². The van der Waals surface area contributed by atoms with Gasteiger partial charge in [-0.25, -0.2) is 12.8 Å². The first-order valence-electron chi connectivity index (χ1n) is 8.03. The van der Waals surface area contributed by atoms with E-state index in [0.717, 1.165) is 34.6 Å². The highest BCUT2D eigenvalue weighted by Crippen LogP contribution is 2.31. The fourth-order valence-electron chi connectivity index (χ4n) is 3.08. The molecule has 4 rings (SSSR count). The maximum atomic E-state index is 13.1. The minimum absolute atomic E-state index is 0.0823. The molecule has 0 bridgehead atoms. The Balaban J connectivity index is 1.68. The molecule has 8 heteroatoms. The Morgan fingerprint density at radius 3 is 2.46 bits per heavy atom. The molecule has 0 amide bonds. The molecule has 1 N–H and O–H groups in total. The minimum atomic E-state index is -3.70. The van der Waals surface area contributed by atoms with Crippen LogP contribution in [0.15, 0.2) is 53.4 Å². The standard InChI is InChI=1S/C18H15ClFN3O2S/c19-13-3-1-12(2-4-13)18-16-11-23(10-9-17(16)21-22-18)26(24,25)15-7-5-14(20)6-8-15/h1-8H,9-11H2,(H,21,22). The first-order chi connectivity index (χ1) is 12.4. The van der Waals surface area contributed by atoms with Crippen LogP contribution < -0.4 is 0 Å². The molecule has 0 saturated carbocycles. The van der Waals surface area contributed by atoms with Crippen LogP contribution >= 0.6 is 11.6 Å². The fraction of sp³-hybridized carbons (Fsp3) is 0.167. The molecule has 0 atom stereocenters. The molecular formula is C18H15ClFN3O2S. The summed E-state index contributed by atoms with van der Waals surface area (Å²) in [6.45, 7) is 0.554. The van der Waals surface area contributed by atoms with Gasteiger partial charge in [0.15, 0.2) is 0 Å². The van der Waals surface area contributed by atoms with Crippen LogP contribution in [0.3, 0.4) is 0 Å². The largest absolute Gasteiger partial charge is 0.282 e. The molecule has 0 fully saturated rings. The zero-order valence-electron chi connectivity index (χ0n) is 13.6. The number of rotatable bonds is 3. The summed E-state index contributed by atoms with van der Waals surface area (Å²) in [7, 11) is -3.70. The summed E-state index contributed by atoms with van der Waals surface area (Å²) in [6, 6.07) is 12.1. The Morgan fingerprint density at radius 1 is 1.08 bits per heavy atom. The van der Waals surface area contributed by atoms with Gasteiger partial charge in [-0.05, 0) is 36.4 Å². The molecule has 134 valence electrons. The van der Waals surface area contributed by atoms with E-state index in [4.69, 9.17) is 11.6 Å². The van der Waals surface area contributed by atoms with Crippen molar-refractivity contribution in [2.24, 2.45) is 0 Å². The van der Waals surface area contributed by atoms with E-state index in [9.17, 15) is 12.8 Å². The van der Waals surface area contributed by atoms with Crippen molar-refractivity contribution >= 4 is 21.6 Å². The zero-order chi connectivity index (χ0) is 18.3. The summed E-state index contributed by atoms with van der Waals surface area (Å²) in [6.07, 6.45) is 0.538. The summed E-state index contributed by atoms with van der Waals surface area (Å²) in [5.41, 5.74) is 3.37. The fourth-order valence-corrected chi connectivity index (χ4v) is 4.61. The highest BCUT2D eigenvalue weighted by molar-refractivity contribution is 7.89. The highest BCUT2D eigenvalue weighted by atomic mass is 35.5. The van der Waals surface area contributed by atoms with Crippen LogP contribution in [-0.4, -0.2) is 29.5 Å². The maximum absolute atomic E-state index is 13.1. The average molecular weight is 392 g/mol. The van der Waals surface area contributed by atoms with Crippen LogP contribution in [0.4, 0.5) is 4.39 Å². The van der Waals surface area contributed by atoms with Gasteiger partial charge in [-0.3, -0.25) is 5.10 Å². The number of sulfonamides is 1. The summed E-state index contributed by atoms with van der Waals surface area (Å²) in [4.78, 5) is 0.0823. The molecule has 2 aromatic carbocycles. The van der Waals surface area contributed by atoms with Crippen molar-refractivity contribution in [3.8, 4) is 11.3 Å². The molecule has 2 heterocycles.